The zero-order valence-corrected chi connectivity index (χ0v) is 19.5. The molecule has 3 heterocycles. The highest BCUT2D eigenvalue weighted by molar-refractivity contribution is 7.80. The highest BCUT2D eigenvalue weighted by Crippen LogP contribution is 2.21. The predicted molar refractivity (Wildman–Crippen MR) is 134 cm³/mol. The number of fused-ring (bicyclic) bond motifs is 1. The largest absolute Gasteiger partial charge is 0.494 e. The van der Waals surface area contributed by atoms with E-state index in [9.17, 15) is 4.39 Å². The summed E-state index contributed by atoms with van der Waals surface area (Å²) < 4.78 is 20.5. The van der Waals surface area contributed by atoms with Crippen LogP contribution in [0.5, 0.6) is 5.75 Å². The van der Waals surface area contributed by atoms with E-state index in [0.29, 0.717) is 23.2 Å². The molecule has 0 spiro atoms. The van der Waals surface area contributed by atoms with E-state index in [1.165, 1.54) is 12.1 Å². The first-order valence-corrected chi connectivity index (χ1v) is 11.5. The zero-order chi connectivity index (χ0) is 23.5. The summed E-state index contributed by atoms with van der Waals surface area (Å²) in [4.78, 5) is 4.37. The van der Waals surface area contributed by atoms with Gasteiger partial charge in [0.25, 0.3) is 0 Å². The first-order chi connectivity index (χ1) is 16.6. The van der Waals surface area contributed by atoms with E-state index in [4.69, 9.17) is 22.1 Å². The van der Waals surface area contributed by atoms with Crippen LogP contribution in [-0.4, -0.2) is 62.6 Å². The van der Waals surface area contributed by atoms with Gasteiger partial charge in [0.1, 0.15) is 17.4 Å². The van der Waals surface area contributed by atoms with E-state index >= 15 is 0 Å². The average molecular weight is 478 g/mol. The number of benzene rings is 2. The molecule has 0 saturated carbocycles. The van der Waals surface area contributed by atoms with E-state index in [1.807, 2.05) is 43.3 Å². The summed E-state index contributed by atoms with van der Waals surface area (Å²) in [5, 5.41) is 17.2. The van der Waals surface area contributed by atoms with Crippen LogP contribution in [0.1, 0.15) is 6.92 Å². The van der Waals surface area contributed by atoms with Gasteiger partial charge in [-0.15, -0.1) is 15.3 Å². The highest BCUT2D eigenvalue weighted by Gasteiger charge is 2.21. The third-order valence-electron chi connectivity index (χ3n) is 5.66. The van der Waals surface area contributed by atoms with Crippen molar-refractivity contribution < 1.29 is 9.13 Å². The van der Waals surface area contributed by atoms with Gasteiger partial charge in [-0.05, 0) is 79.8 Å². The maximum absolute atomic E-state index is 13.3. The monoisotopic (exact) mass is 477 g/mol. The molecule has 8 nitrogen and oxygen atoms in total. The molecule has 4 aromatic rings. The van der Waals surface area contributed by atoms with Gasteiger partial charge in [-0.3, -0.25) is 0 Å². The third-order valence-corrected chi connectivity index (χ3v) is 6.02. The van der Waals surface area contributed by atoms with E-state index in [0.717, 1.165) is 49.0 Å². The Balaban J connectivity index is 1.24. The second-order valence-corrected chi connectivity index (χ2v) is 8.24. The van der Waals surface area contributed by atoms with Crippen molar-refractivity contribution in [1.82, 2.24) is 24.7 Å². The molecule has 2 aromatic heterocycles. The number of rotatable bonds is 5. The number of anilines is 2. The number of ether oxygens (including phenoxy) is 1. The summed E-state index contributed by atoms with van der Waals surface area (Å²) in [6.45, 7) is 5.70. The van der Waals surface area contributed by atoms with Crippen LogP contribution in [0.3, 0.4) is 0 Å². The summed E-state index contributed by atoms with van der Waals surface area (Å²) in [6.07, 6.45) is 0. The fraction of sp³-hybridized carbons (Fsp3) is 0.250. The highest BCUT2D eigenvalue weighted by atomic mass is 32.1. The van der Waals surface area contributed by atoms with E-state index in [-0.39, 0.29) is 5.82 Å². The number of hydrogen-bond acceptors (Lipinski definition) is 6. The van der Waals surface area contributed by atoms with Gasteiger partial charge in [0.15, 0.2) is 16.6 Å². The Hall–Kier alpha value is -3.79. The molecule has 0 bridgehead atoms. The fourth-order valence-electron chi connectivity index (χ4n) is 3.87. The maximum Gasteiger partial charge on any atom is 0.185 e. The number of nitrogens with one attached hydrogen (secondary N) is 1. The summed E-state index contributed by atoms with van der Waals surface area (Å²) in [6, 6.07) is 17.8. The molecule has 2 aromatic carbocycles. The van der Waals surface area contributed by atoms with Crippen molar-refractivity contribution in [2.45, 2.75) is 6.92 Å². The predicted octanol–water partition coefficient (Wildman–Crippen LogP) is 3.85. The number of hydrogen-bond donors (Lipinski definition) is 1. The van der Waals surface area contributed by atoms with Gasteiger partial charge in [0.05, 0.1) is 6.61 Å². The Labute approximate surface area is 202 Å². The molecule has 0 unspecified atom stereocenters. The first kappa shape index (κ1) is 22.0. The molecular formula is C24H24FN7OS. The van der Waals surface area contributed by atoms with Crippen molar-refractivity contribution in [2.24, 2.45) is 0 Å². The minimum absolute atomic E-state index is 0.293. The average Bonchev–Trinajstić information content (AvgIpc) is 3.29. The van der Waals surface area contributed by atoms with Gasteiger partial charge in [0.2, 0.25) is 0 Å². The SMILES string of the molecule is CCOc1ccc(NC(=S)N2CCN(c3ccc4nnc(-c5ccc(F)cc5)n4n3)CC2)cc1. The van der Waals surface area contributed by atoms with Gasteiger partial charge in [-0.25, -0.2) is 4.39 Å². The van der Waals surface area contributed by atoms with Crippen LogP contribution < -0.4 is 15.0 Å². The Bertz CT molecular complexity index is 1290. The van der Waals surface area contributed by atoms with Crippen LogP contribution in [0.4, 0.5) is 15.9 Å². The Kier molecular flexibility index (Phi) is 6.22. The first-order valence-electron chi connectivity index (χ1n) is 11.1. The van der Waals surface area contributed by atoms with Gasteiger partial charge >= 0.3 is 0 Å². The van der Waals surface area contributed by atoms with Crippen molar-refractivity contribution >= 4 is 34.5 Å². The minimum Gasteiger partial charge on any atom is -0.494 e. The molecule has 0 atom stereocenters. The quantitative estimate of drug-likeness (QED) is 0.435. The minimum atomic E-state index is -0.293. The summed E-state index contributed by atoms with van der Waals surface area (Å²) in [7, 11) is 0. The second-order valence-electron chi connectivity index (χ2n) is 7.85. The Morgan fingerprint density at radius 1 is 0.971 bits per heavy atom. The van der Waals surface area contributed by atoms with Crippen LogP contribution >= 0.6 is 12.2 Å². The van der Waals surface area contributed by atoms with E-state index in [1.54, 1.807) is 16.6 Å². The van der Waals surface area contributed by atoms with Crippen LogP contribution in [0.2, 0.25) is 0 Å². The lowest BCUT2D eigenvalue weighted by atomic mass is 10.2. The lowest BCUT2D eigenvalue weighted by Crippen LogP contribution is -2.50. The molecule has 1 aliphatic rings. The molecule has 5 rings (SSSR count). The molecule has 174 valence electrons. The lowest BCUT2D eigenvalue weighted by Gasteiger charge is -2.36. The fourth-order valence-corrected chi connectivity index (χ4v) is 4.17. The Morgan fingerprint density at radius 2 is 1.71 bits per heavy atom. The van der Waals surface area contributed by atoms with Crippen molar-refractivity contribution in [1.29, 1.82) is 0 Å². The number of aromatic nitrogens is 4. The van der Waals surface area contributed by atoms with Crippen molar-refractivity contribution in [2.75, 3.05) is 43.0 Å². The van der Waals surface area contributed by atoms with Gasteiger partial charge in [-0.2, -0.15) is 4.52 Å². The zero-order valence-electron chi connectivity index (χ0n) is 18.7. The number of halogens is 1. The maximum atomic E-state index is 13.3. The molecule has 34 heavy (non-hydrogen) atoms. The smallest absolute Gasteiger partial charge is 0.185 e. The van der Waals surface area contributed by atoms with Crippen molar-refractivity contribution in [3.8, 4) is 17.1 Å². The molecular weight excluding hydrogens is 453 g/mol. The summed E-state index contributed by atoms with van der Waals surface area (Å²) >= 11 is 5.63. The standard InChI is InChI=1S/C24H24FN7OS/c1-2-33-20-9-7-19(8-10-20)26-24(34)31-15-13-30(14-16-31)22-12-11-21-27-28-23(32(21)29-22)17-3-5-18(25)6-4-17/h3-12H,2,13-16H2,1H3,(H,26,34). The van der Waals surface area contributed by atoms with Crippen LogP contribution in [0, 0.1) is 5.82 Å². The number of thiocarbonyl (C=S) groups is 1. The normalized spacial score (nSPS) is 13.8. The lowest BCUT2D eigenvalue weighted by molar-refractivity contribution is 0.340. The van der Waals surface area contributed by atoms with Crippen LogP contribution in [0.25, 0.3) is 17.0 Å². The molecule has 0 radical (unpaired) electrons. The topological polar surface area (TPSA) is 70.8 Å². The summed E-state index contributed by atoms with van der Waals surface area (Å²) in [5.41, 5.74) is 2.33. The van der Waals surface area contributed by atoms with Gasteiger partial charge < -0.3 is 19.9 Å². The summed E-state index contributed by atoms with van der Waals surface area (Å²) in [5.74, 6) is 1.96. The number of nitrogens with zero attached hydrogens (tertiary/aromatic N) is 6. The van der Waals surface area contributed by atoms with E-state index in [2.05, 4.69) is 25.3 Å². The molecule has 1 N–H and O–H groups in total. The second kappa shape index (κ2) is 9.60. The molecule has 10 heteroatoms. The molecule has 1 fully saturated rings. The third kappa shape index (κ3) is 4.62. The van der Waals surface area contributed by atoms with Gasteiger partial charge in [-0.1, -0.05) is 0 Å². The Morgan fingerprint density at radius 3 is 2.41 bits per heavy atom. The molecule has 1 aliphatic heterocycles. The molecule has 0 amide bonds. The van der Waals surface area contributed by atoms with Crippen molar-refractivity contribution in [3.05, 3.63) is 66.5 Å². The van der Waals surface area contributed by atoms with Gasteiger partial charge in [0, 0.05) is 37.4 Å². The molecule has 0 aliphatic carbocycles. The van der Waals surface area contributed by atoms with Crippen LogP contribution in [0.15, 0.2) is 60.7 Å². The van der Waals surface area contributed by atoms with E-state index < -0.39 is 0 Å². The number of piperazine rings is 1. The van der Waals surface area contributed by atoms with Crippen LogP contribution in [-0.2, 0) is 0 Å². The molecule has 1 saturated heterocycles. The van der Waals surface area contributed by atoms with Crippen molar-refractivity contribution in [3.63, 3.8) is 0 Å².